The molecule has 1 aliphatic carbocycles. The van der Waals surface area contributed by atoms with Gasteiger partial charge in [0.1, 0.15) is 17.8 Å². The second-order valence-electron chi connectivity index (χ2n) is 9.40. The average Bonchev–Trinajstić information content (AvgIpc) is 3.41. The Bertz CT molecular complexity index is 1480. The molecule has 40 heavy (non-hydrogen) atoms. The van der Waals surface area contributed by atoms with Crippen LogP contribution in [0.2, 0.25) is 0 Å². The van der Waals surface area contributed by atoms with Crippen molar-refractivity contribution < 1.29 is 26.3 Å². The van der Waals surface area contributed by atoms with Gasteiger partial charge in [0, 0.05) is 11.8 Å². The molecule has 0 N–H and O–H groups in total. The molecular weight excluding hydrogens is 538 g/mol. The van der Waals surface area contributed by atoms with Crippen molar-refractivity contribution >= 4 is 0 Å². The predicted molar refractivity (Wildman–Crippen MR) is 134 cm³/mol. The SMILES string of the molecule is Cc1cccc(F)c1.O=c1c(C2CCCCC2)cc(-c2ncn(C(F)F)n2)nn1Cc1ncccc1C(F)(F)F. The van der Waals surface area contributed by atoms with E-state index in [0.29, 0.717) is 10.2 Å². The number of nitrogens with zero attached hydrogens (tertiary/aromatic N) is 6. The fourth-order valence-corrected chi connectivity index (χ4v) is 4.54. The molecule has 1 aromatic carbocycles. The van der Waals surface area contributed by atoms with Gasteiger partial charge in [-0.25, -0.2) is 14.1 Å². The highest BCUT2D eigenvalue weighted by molar-refractivity contribution is 5.49. The largest absolute Gasteiger partial charge is 0.418 e. The molecule has 1 saturated carbocycles. The van der Waals surface area contributed by atoms with Crippen LogP contribution in [-0.4, -0.2) is 29.5 Å². The van der Waals surface area contributed by atoms with Gasteiger partial charge in [-0.1, -0.05) is 31.4 Å². The van der Waals surface area contributed by atoms with Crippen LogP contribution in [-0.2, 0) is 12.7 Å². The molecule has 0 unspecified atom stereocenters. The fourth-order valence-electron chi connectivity index (χ4n) is 4.54. The standard InChI is InChI=1S/C20H19F5N6O.C7H7F/c21-19(22)31-11-27-17(29-31)15-9-13(12-5-2-1-3-6-12)18(32)30(28-15)10-16-14(20(23,24)25)7-4-8-26-16;1-6-3-2-4-7(8)5-6/h4,7-9,11-12,19H,1-3,5-6,10H2;2-5H,1H3. The minimum absolute atomic E-state index is 0.0362. The molecule has 0 radical (unpaired) electrons. The first-order chi connectivity index (χ1) is 19.0. The van der Waals surface area contributed by atoms with E-state index in [0.717, 1.165) is 60.8 Å². The summed E-state index contributed by atoms with van der Waals surface area (Å²) in [6.45, 7) is -1.58. The smallest absolute Gasteiger partial charge is 0.267 e. The first kappa shape index (κ1) is 29.0. The number of rotatable bonds is 5. The van der Waals surface area contributed by atoms with Crippen LogP contribution in [0.25, 0.3) is 11.5 Å². The molecule has 13 heteroatoms. The molecule has 0 amide bonds. The van der Waals surface area contributed by atoms with Crippen molar-refractivity contribution in [2.75, 3.05) is 0 Å². The van der Waals surface area contributed by atoms with Gasteiger partial charge in [0.25, 0.3) is 5.56 Å². The van der Waals surface area contributed by atoms with E-state index in [9.17, 15) is 31.1 Å². The van der Waals surface area contributed by atoms with Gasteiger partial charge in [-0.15, -0.1) is 5.10 Å². The highest BCUT2D eigenvalue weighted by Crippen LogP contribution is 2.33. The lowest BCUT2D eigenvalue weighted by Crippen LogP contribution is -2.30. The molecule has 0 aliphatic heterocycles. The van der Waals surface area contributed by atoms with Crippen molar-refractivity contribution in [1.29, 1.82) is 0 Å². The van der Waals surface area contributed by atoms with Crippen LogP contribution in [0, 0.1) is 12.7 Å². The van der Waals surface area contributed by atoms with Gasteiger partial charge in [0.15, 0.2) is 0 Å². The first-order valence-corrected chi connectivity index (χ1v) is 12.6. The maximum Gasteiger partial charge on any atom is 0.418 e. The Labute approximate surface area is 225 Å². The summed E-state index contributed by atoms with van der Waals surface area (Å²) in [4.78, 5) is 20.8. The zero-order valence-electron chi connectivity index (χ0n) is 21.5. The number of benzene rings is 1. The summed E-state index contributed by atoms with van der Waals surface area (Å²) in [6.07, 6.45) is 1.73. The number of alkyl halides is 5. The minimum atomic E-state index is -4.66. The molecule has 0 spiro atoms. The van der Waals surface area contributed by atoms with Crippen molar-refractivity contribution in [2.24, 2.45) is 0 Å². The Morgan fingerprint density at radius 3 is 2.35 bits per heavy atom. The highest BCUT2D eigenvalue weighted by atomic mass is 19.4. The maximum absolute atomic E-state index is 13.4. The van der Waals surface area contributed by atoms with E-state index in [1.807, 2.05) is 13.0 Å². The number of halogens is 6. The molecule has 212 valence electrons. The van der Waals surface area contributed by atoms with Gasteiger partial charge >= 0.3 is 12.7 Å². The molecule has 0 bridgehead atoms. The summed E-state index contributed by atoms with van der Waals surface area (Å²) in [5, 5.41) is 7.79. The number of aryl methyl sites for hydroxylation is 1. The quantitative estimate of drug-likeness (QED) is 0.257. The average molecular weight is 565 g/mol. The molecule has 0 saturated heterocycles. The number of pyridine rings is 1. The summed E-state index contributed by atoms with van der Waals surface area (Å²) in [6, 6.07) is 10.0. The molecular formula is C27H26F6N6O. The lowest BCUT2D eigenvalue weighted by Gasteiger charge is -2.22. The van der Waals surface area contributed by atoms with Gasteiger partial charge in [-0.3, -0.25) is 9.78 Å². The summed E-state index contributed by atoms with van der Waals surface area (Å²) in [7, 11) is 0. The zero-order valence-corrected chi connectivity index (χ0v) is 21.5. The Morgan fingerprint density at radius 2 is 1.75 bits per heavy atom. The number of hydrogen-bond acceptors (Lipinski definition) is 5. The Hall–Kier alpha value is -4.03. The molecule has 7 nitrogen and oxygen atoms in total. The van der Waals surface area contributed by atoms with Crippen LogP contribution >= 0.6 is 0 Å². The molecule has 0 atom stereocenters. The Kier molecular flexibility index (Phi) is 9.00. The van der Waals surface area contributed by atoms with Gasteiger partial charge in [0.2, 0.25) is 5.82 Å². The van der Waals surface area contributed by atoms with E-state index in [4.69, 9.17) is 0 Å². The monoisotopic (exact) mass is 564 g/mol. The van der Waals surface area contributed by atoms with Crippen LogP contribution in [0.4, 0.5) is 26.3 Å². The van der Waals surface area contributed by atoms with Gasteiger partial charge in [-0.2, -0.15) is 31.7 Å². The zero-order chi connectivity index (χ0) is 28.9. The van der Waals surface area contributed by atoms with Crippen molar-refractivity contribution in [3.8, 4) is 11.5 Å². The topological polar surface area (TPSA) is 78.5 Å². The van der Waals surface area contributed by atoms with Gasteiger partial charge < -0.3 is 0 Å². The molecule has 3 aromatic heterocycles. The summed E-state index contributed by atoms with van der Waals surface area (Å²) in [5.74, 6) is -0.412. The van der Waals surface area contributed by atoms with E-state index >= 15 is 0 Å². The minimum Gasteiger partial charge on any atom is -0.267 e. The van der Waals surface area contributed by atoms with Crippen molar-refractivity contribution in [2.45, 2.75) is 64.2 Å². The molecule has 5 rings (SSSR count). The van der Waals surface area contributed by atoms with Crippen molar-refractivity contribution in [1.82, 2.24) is 29.5 Å². The lowest BCUT2D eigenvalue weighted by atomic mass is 9.84. The summed E-state index contributed by atoms with van der Waals surface area (Å²) < 4.78 is 79.5. The Balaban J connectivity index is 0.000000398. The van der Waals surface area contributed by atoms with Crippen LogP contribution < -0.4 is 5.56 Å². The Morgan fingerprint density at radius 1 is 1.00 bits per heavy atom. The third-order valence-electron chi connectivity index (χ3n) is 6.46. The fraction of sp³-hybridized carbons (Fsp3) is 0.370. The van der Waals surface area contributed by atoms with E-state index < -0.39 is 30.4 Å². The van der Waals surface area contributed by atoms with Gasteiger partial charge in [0.05, 0.1) is 17.8 Å². The number of aromatic nitrogens is 6. The predicted octanol–water partition coefficient (Wildman–Crippen LogP) is 6.54. The first-order valence-electron chi connectivity index (χ1n) is 12.6. The van der Waals surface area contributed by atoms with Crippen molar-refractivity contribution in [3.63, 3.8) is 0 Å². The number of hydrogen-bond donors (Lipinski definition) is 0. The third-order valence-corrected chi connectivity index (χ3v) is 6.46. The van der Waals surface area contributed by atoms with Crippen LogP contribution in [0.3, 0.4) is 0 Å². The van der Waals surface area contributed by atoms with E-state index in [1.165, 1.54) is 24.4 Å². The molecule has 3 heterocycles. The third kappa shape index (κ3) is 7.13. The molecule has 1 aliphatic rings. The van der Waals surface area contributed by atoms with E-state index in [2.05, 4.69) is 20.2 Å². The summed E-state index contributed by atoms with van der Waals surface area (Å²) >= 11 is 0. The van der Waals surface area contributed by atoms with Crippen LogP contribution in [0.15, 0.2) is 59.8 Å². The molecule has 1 fully saturated rings. The van der Waals surface area contributed by atoms with Crippen molar-refractivity contribution in [3.05, 3.63) is 93.5 Å². The highest BCUT2D eigenvalue weighted by Gasteiger charge is 2.34. The van der Waals surface area contributed by atoms with Gasteiger partial charge in [-0.05, 0) is 61.6 Å². The lowest BCUT2D eigenvalue weighted by molar-refractivity contribution is -0.138. The van der Waals surface area contributed by atoms with Crippen LogP contribution in [0.1, 0.15) is 67.0 Å². The normalized spacial score (nSPS) is 14.2. The maximum atomic E-state index is 13.4. The van der Waals surface area contributed by atoms with E-state index in [-0.39, 0.29) is 28.9 Å². The second-order valence-corrected chi connectivity index (χ2v) is 9.40. The summed E-state index contributed by atoms with van der Waals surface area (Å²) in [5.41, 5.74) is -0.509. The van der Waals surface area contributed by atoms with E-state index in [1.54, 1.807) is 6.07 Å². The molecule has 4 aromatic rings. The second kappa shape index (κ2) is 12.4. The van der Waals surface area contributed by atoms with Crippen LogP contribution in [0.5, 0.6) is 0 Å².